The van der Waals surface area contributed by atoms with Crippen molar-refractivity contribution in [2.75, 3.05) is 13.1 Å². The molecule has 15 heavy (non-hydrogen) atoms. The number of nitrogens with one attached hydrogen (secondary N) is 1. The van der Waals surface area contributed by atoms with Crippen LogP contribution in [-0.2, 0) is 17.4 Å². The van der Waals surface area contributed by atoms with Gasteiger partial charge in [0.25, 0.3) is 0 Å². The van der Waals surface area contributed by atoms with E-state index in [1.807, 2.05) is 6.92 Å². The fourth-order valence-corrected chi connectivity index (χ4v) is 1.12. The van der Waals surface area contributed by atoms with Crippen molar-refractivity contribution >= 4 is 34.9 Å². The van der Waals surface area contributed by atoms with E-state index in [0.29, 0.717) is 0 Å². The number of hydrogen-bond donors (Lipinski definition) is 1. The van der Waals surface area contributed by atoms with Gasteiger partial charge >= 0.3 is 11.9 Å². The molecule has 0 amide bonds. The Balaban J connectivity index is 3.62. The van der Waals surface area contributed by atoms with Crippen LogP contribution < -0.4 is 5.32 Å². The molecule has 1 atom stereocenters. The third kappa shape index (κ3) is 8.61. The molecule has 0 saturated carbocycles. The number of carbonyl (C=O) groups is 2. The third-order valence-electron chi connectivity index (χ3n) is 1.57. The molecular weight excluding hydrogens is 313 g/mol. The average molecular weight is 329 g/mol. The molecule has 0 rings (SSSR count). The maximum atomic E-state index is 11.2. The molecule has 0 fully saturated rings. The molecule has 0 aliphatic heterocycles. The molecule has 0 heterocycles. The predicted octanol–water partition coefficient (Wildman–Crippen LogP) is 1.20. The second-order valence-electron chi connectivity index (χ2n) is 3.13. The molecule has 0 aromatic heterocycles. The van der Waals surface area contributed by atoms with E-state index in [-0.39, 0.29) is 18.9 Å². The molecule has 0 bridgehead atoms. The van der Waals surface area contributed by atoms with Crippen LogP contribution in [0.25, 0.3) is 0 Å². The van der Waals surface area contributed by atoms with Crippen LogP contribution in [0.1, 0.15) is 26.7 Å². The Morgan fingerprint density at radius 1 is 1.40 bits per heavy atom. The predicted molar refractivity (Wildman–Crippen MR) is 63.4 cm³/mol. The summed E-state index contributed by atoms with van der Waals surface area (Å²) in [6, 6.07) is 0. The summed E-state index contributed by atoms with van der Waals surface area (Å²) in [5.74, 6) is -0.741. The zero-order valence-electron chi connectivity index (χ0n) is 8.92. The third-order valence-corrected chi connectivity index (χ3v) is 2.06. The Morgan fingerprint density at radius 2 is 2.07 bits per heavy atom. The van der Waals surface area contributed by atoms with Gasteiger partial charge in [0, 0.05) is 0 Å². The van der Waals surface area contributed by atoms with Crippen LogP contribution in [0.2, 0.25) is 0 Å². The Hall–Kier alpha value is -0.370. The summed E-state index contributed by atoms with van der Waals surface area (Å²) in [6.07, 6.45) is 0.607. The first-order chi connectivity index (χ1) is 7.10. The normalized spacial score (nSPS) is 11.9. The van der Waals surface area contributed by atoms with Crippen molar-refractivity contribution in [3.8, 4) is 0 Å². The lowest BCUT2D eigenvalue weighted by Crippen LogP contribution is -2.28. The number of hydrogen-bond acceptors (Lipinski definition) is 5. The topological polar surface area (TPSA) is 64.6 Å². The van der Waals surface area contributed by atoms with Gasteiger partial charge in [0.2, 0.25) is 0 Å². The lowest BCUT2D eigenvalue weighted by atomic mass is 10.3. The fourth-order valence-electron chi connectivity index (χ4n) is 0.941. The van der Waals surface area contributed by atoms with E-state index >= 15 is 0 Å². The van der Waals surface area contributed by atoms with Crippen molar-refractivity contribution in [3.05, 3.63) is 0 Å². The molecule has 0 saturated heterocycles. The van der Waals surface area contributed by atoms with Gasteiger partial charge < -0.3 is 13.1 Å². The molecule has 0 spiro atoms. The van der Waals surface area contributed by atoms with Crippen molar-refractivity contribution in [1.29, 1.82) is 0 Å². The zero-order chi connectivity index (χ0) is 11.7. The number of ether oxygens (including phenoxy) is 1. The van der Waals surface area contributed by atoms with Crippen molar-refractivity contribution in [2.45, 2.75) is 32.8 Å². The first-order valence-electron chi connectivity index (χ1n) is 4.81. The first kappa shape index (κ1) is 14.6. The summed E-state index contributed by atoms with van der Waals surface area (Å²) in [5.41, 5.74) is 0. The van der Waals surface area contributed by atoms with E-state index in [4.69, 9.17) is 4.74 Å². The number of carbonyl (C=O) groups excluding carboxylic acids is 2. The standard InChI is InChI=1S/C9H16INO4/c1-3-4-11-6-9(13)14-7(2)5-8(12)15-10/h7,11H,3-6H2,1-2H3. The van der Waals surface area contributed by atoms with Gasteiger partial charge in [-0.1, -0.05) is 6.92 Å². The van der Waals surface area contributed by atoms with Crippen LogP contribution in [0.15, 0.2) is 0 Å². The van der Waals surface area contributed by atoms with Gasteiger partial charge in [0.05, 0.1) is 13.0 Å². The highest BCUT2D eigenvalue weighted by atomic mass is 127. The van der Waals surface area contributed by atoms with Gasteiger partial charge in [-0.05, 0) is 19.9 Å². The number of halogens is 1. The molecule has 88 valence electrons. The van der Waals surface area contributed by atoms with Crippen LogP contribution in [0.3, 0.4) is 0 Å². The molecule has 0 aliphatic rings. The van der Waals surface area contributed by atoms with E-state index in [9.17, 15) is 9.59 Å². The molecule has 0 aliphatic carbocycles. The quantitative estimate of drug-likeness (QED) is 0.432. The van der Waals surface area contributed by atoms with Gasteiger partial charge in [-0.2, -0.15) is 0 Å². The van der Waals surface area contributed by atoms with Crippen LogP contribution in [0.5, 0.6) is 0 Å². The Labute approximate surface area is 104 Å². The molecular formula is C9H16INO4. The van der Waals surface area contributed by atoms with Gasteiger partial charge in [0.15, 0.2) is 23.0 Å². The second-order valence-corrected chi connectivity index (χ2v) is 3.57. The SMILES string of the molecule is CCCNCC(=O)OC(C)CC(=O)OI. The maximum absolute atomic E-state index is 11.2. The Kier molecular flexibility index (Phi) is 8.68. The van der Waals surface area contributed by atoms with Crippen molar-refractivity contribution in [2.24, 2.45) is 0 Å². The first-order valence-corrected chi connectivity index (χ1v) is 5.69. The monoisotopic (exact) mass is 329 g/mol. The van der Waals surface area contributed by atoms with Crippen LogP contribution >= 0.6 is 23.0 Å². The minimum atomic E-state index is -0.441. The van der Waals surface area contributed by atoms with Crippen molar-refractivity contribution < 1.29 is 17.4 Å². The van der Waals surface area contributed by atoms with Gasteiger partial charge in [-0.25, -0.2) is 0 Å². The summed E-state index contributed by atoms with van der Waals surface area (Å²) in [5, 5.41) is 2.92. The number of esters is 1. The molecule has 1 unspecified atom stereocenters. The second kappa shape index (κ2) is 8.90. The largest absolute Gasteiger partial charge is 0.461 e. The minimum absolute atomic E-state index is 0.0858. The van der Waals surface area contributed by atoms with Crippen LogP contribution in [0.4, 0.5) is 0 Å². The Morgan fingerprint density at radius 3 is 2.60 bits per heavy atom. The minimum Gasteiger partial charge on any atom is -0.461 e. The summed E-state index contributed by atoms with van der Waals surface area (Å²) < 4.78 is 9.39. The van der Waals surface area contributed by atoms with Gasteiger partial charge in [-0.3, -0.25) is 9.59 Å². The van der Waals surface area contributed by atoms with Crippen LogP contribution in [0, 0.1) is 0 Å². The van der Waals surface area contributed by atoms with Gasteiger partial charge in [0.1, 0.15) is 6.10 Å². The highest BCUT2D eigenvalue weighted by Gasteiger charge is 2.13. The Bertz CT molecular complexity index is 210. The summed E-state index contributed by atoms with van der Waals surface area (Å²) in [7, 11) is 0. The summed E-state index contributed by atoms with van der Waals surface area (Å²) in [4.78, 5) is 22.0. The fraction of sp³-hybridized carbons (Fsp3) is 0.778. The van der Waals surface area contributed by atoms with E-state index in [2.05, 4.69) is 8.38 Å². The van der Waals surface area contributed by atoms with Crippen LogP contribution in [-0.4, -0.2) is 31.1 Å². The maximum Gasteiger partial charge on any atom is 0.320 e. The summed E-state index contributed by atoms with van der Waals surface area (Å²) in [6.45, 7) is 4.62. The molecule has 5 nitrogen and oxygen atoms in total. The van der Waals surface area contributed by atoms with Crippen molar-refractivity contribution in [3.63, 3.8) is 0 Å². The highest BCUT2D eigenvalue weighted by Crippen LogP contribution is 2.02. The molecule has 0 aromatic carbocycles. The molecule has 0 aromatic rings. The van der Waals surface area contributed by atoms with Crippen molar-refractivity contribution in [1.82, 2.24) is 5.32 Å². The average Bonchev–Trinajstić information content (AvgIpc) is 2.17. The molecule has 6 heteroatoms. The van der Waals surface area contributed by atoms with E-state index < -0.39 is 12.1 Å². The van der Waals surface area contributed by atoms with Gasteiger partial charge in [-0.15, -0.1) is 0 Å². The van der Waals surface area contributed by atoms with E-state index in [1.54, 1.807) is 6.92 Å². The zero-order valence-corrected chi connectivity index (χ0v) is 11.1. The highest BCUT2D eigenvalue weighted by molar-refractivity contribution is 14.1. The van der Waals surface area contributed by atoms with E-state index in [1.165, 1.54) is 23.0 Å². The lowest BCUT2D eigenvalue weighted by Gasteiger charge is -2.11. The summed E-state index contributed by atoms with van der Waals surface area (Å²) >= 11 is 1.51. The number of rotatable bonds is 7. The molecule has 1 N–H and O–H groups in total. The smallest absolute Gasteiger partial charge is 0.320 e. The molecule has 0 radical (unpaired) electrons. The van der Waals surface area contributed by atoms with E-state index in [0.717, 1.165) is 13.0 Å². The lowest BCUT2D eigenvalue weighted by molar-refractivity contribution is -0.149.